The SMILES string of the molecule is COc1ccc(C(=O)[C@@H]2[C@H](c3ccc(-c4cccc(Cl)c4Cl)o3)NC(=O)N[C@@]2(O)C(F)(F)F)cc1. The highest BCUT2D eigenvalue weighted by Gasteiger charge is 2.66. The molecule has 3 atom stereocenters. The number of alkyl halides is 3. The molecule has 4 rings (SSSR count). The summed E-state index contributed by atoms with van der Waals surface area (Å²) in [5, 5.41) is 14.8. The van der Waals surface area contributed by atoms with Crippen molar-refractivity contribution in [3.8, 4) is 17.1 Å². The molecule has 0 saturated carbocycles. The van der Waals surface area contributed by atoms with Gasteiger partial charge in [-0.2, -0.15) is 13.2 Å². The fourth-order valence-corrected chi connectivity index (χ4v) is 4.26. The van der Waals surface area contributed by atoms with E-state index < -0.39 is 35.7 Å². The quantitative estimate of drug-likeness (QED) is 0.386. The van der Waals surface area contributed by atoms with E-state index in [1.807, 2.05) is 0 Å². The summed E-state index contributed by atoms with van der Waals surface area (Å²) in [6, 6.07) is 9.65. The Kier molecular flexibility index (Phi) is 6.48. The Hall–Kier alpha value is -3.21. The Morgan fingerprint density at radius 2 is 1.80 bits per heavy atom. The van der Waals surface area contributed by atoms with Crippen molar-refractivity contribution >= 4 is 35.0 Å². The number of halogens is 5. The second-order valence-corrected chi connectivity index (χ2v) is 8.50. The number of ketones is 1. The van der Waals surface area contributed by atoms with Crippen LogP contribution in [0.5, 0.6) is 5.75 Å². The number of methoxy groups -OCH3 is 1. The average Bonchev–Trinajstić information content (AvgIpc) is 3.29. The Balaban J connectivity index is 1.82. The van der Waals surface area contributed by atoms with E-state index in [0.29, 0.717) is 11.3 Å². The van der Waals surface area contributed by atoms with Gasteiger partial charge in [0.05, 0.1) is 17.2 Å². The number of furan rings is 1. The highest BCUT2D eigenvalue weighted by molar-refractivity contribution is 6.43. The molecule has 1 saturated heterocycles. The van der Waals surface area contributed by atoms with Crippen molar-refractivity contribution in [2.45, 2.75) is 17.9 Å². The van der Waals surface area contributed by atoms with E-state index in [-0.39, 0.29) is 27.1 Å². The van der Waals surface area contributed by atoms with Crippen LogP contribution in [0.25, 0.3) is 11.3 Å². The molecule has 1 fully saturated rings. The first-order chi connectivity index (χ1) is 16.5. The van der Waals surface area contributed by atoms with Gasteiger partial charge in [0.15, 0.2) is 5.78 Å². The van der Waals surface area contributed by atoms with Crippen LogP contribution in [0.15, 0.2) is 59.0 Å². The minimum absolute atomic E-state index is 0.131. The number of rotatable bonds is 5. The number of carbonyl (C=O) groups is 2. The molecule has 0 spiro atoms. The number of hydrogen-bond donors (Lipinski definition) is 3. The van der Waals surface area contributed by atoms with Crippen molar-refractivity contribution < 1.29 is 37.0 Å². The number of aliphatic hydroxyl groups is 1. The van der Waals surface area contributed by atoms with E-state index in [4.69, 9.17) is 32.4 Å². The van der Waals surface area contributed by atoms with Crippen LogP contribution in [-0.4, -0.2) is 35.9 Å². The predicted octanol–water partition coefficient (Wildman–Crippen LogP) is 5.37. The molecule has 3 N–H and O–H groups in total. The van der Waals surface area contributed by atoms with Crippen molar-refractivity contribution in [3.63, 3.8) is 0 Å². The van der Waals surface area contributed by atoms with Crippen molar-refractivity contribution in [2.75, 3.05) is 7.11 Å². The molecule has 12 heteroatoms. The summed E-state index contributed by atoms with van der Waals surface area (Å²) in [4.78, 5) is 25.5. The minimum Gasteiger partial charge on any atom is -0.497 e. The molecule has 1 aromatic heterocycles. The zero-order valence-corrected chi connectivity index (χ0v) is 19.3. The molecule has 1 aliphatic heterocycles. The number of amides is 2. The van der Waals surface area contributed by atoms with E-state index >= 15 is 0 Å². The highest BCUT2D eigenvalue weighted by Crippen LogP contribution is 2.45. The van der Waals surface area contributed by atoms with Gasteiger partial charge >= 0.3 is 12.2 Å². The molecular formula is C23H17Cl2F3N2O5. The second-order valence-electron chi connectivity index (χ2n) is 7.71. The topological polar surface area (TPSA) is 101 Å². The van der Waals surface area contributed by atoms with E-state index in [2.05, 4.69) is 5.32 Å². The minimum atomic E-state index is -5.40. The summed E-state index contributed by atoms with van der Waals surface area (Å²) in [7, 11) is 1.39. The van der Waals surface area contributed by atoms with Crippen LogP contribution in [0.2, 0.25) is 10.0 Å². The number of Topliss-reactive ketones (excluding diaryl/α,β-unsaturated/α-hetero) is 1. The standard InChI is InChI=1S/C23H17Cl2F3N2O5/c1-34-12-7-5-11(6-8-12)20(31)17-19(29-21(32)30-22(17,33)23(26,27)28)16-10-9-15(35-16)13-3-2-4-14(24)18(13)25/h2-10,17,19,33H,1H3,(H2,29,30,32)/t17-,19-,22-/m0/s1. The molecule has 2 amide bonds. The van der Waals surface area contributed by atoms with Gasteiger partial charge in [0, 0.05) is 11.1 Å². The van der Waals surface area contributed by atoms with Gasteiger partial charge in [0.2, 0.25) is 5.72 Å². The van der Waals surface area contributed by atoms with Crippen LogP contribution in [0.4, 0.5) is 18.0 Å². The molecule has 1 aliphatic rings. The van der Waals surface area contributed by atoms with Crippen LogP contribution in [-0.2, 0) is 0 Å². The fourth-order valence-electron chi connectivity index (χ4n) is 3.87. The van der Waals surface area contributed by atoms with Crippen molar-refractivity contribution in [1.29, 1.82) is 0 Å². The van der Waals surface area contributed by atoms with Crippen LogP contribution in [0.1, 0.15) is 22.2 Å². The van der Waals surface area contributed by atoms with Gasteiger partial charge in [-0.1, -0.05) is 29.3 Å². The molecule has 0 radical (unpaired) electrons. The molecule has 2 heterocycles. The first-order valence-corrected chi connectivity index (χ1v) is 10.8. The maximum atomic E-state index is 14.1. The normalized spacial score (nSPS) is 22.3. The number of urea groups is 1. The molecule has 35 heavy (non-hydrogen) atoms. The zero-order valence-electron chi connectivity index (χ0n) is 17.8. The molecule has 7 nitrogen and oxygen atoms in total. The number of carbonyl (C=O) groups excluding carboxylic acids is 2. The number of ether oxygens (including phenoxy) is 1. The maximum absolute atomic E-state index is 14.1. The molecule has 0 aliphatic carbocycles. The Labute approximate surface area is 206 Å². The van der Waals surface area contributed by atoms with Gasteiger partial charge in [-0.3, -0.25) is 4.79 Å². The molecule has 0 bridgehead atoms. The second kappa shape index (κ2) is 9.10. The van der Waals surface area contributed by atoms with Gasteiger partial charge in [0.1, 0.15) is 29.2 Å². The van der Waals surface area contributed by atoms with Gasteiger partial charge < -0.3 is 24.9 Å². The Morgan fingerprint density at radius 3 is 2.43 bits per heavy atom. The van der Waals surface area contributed by atoms with E-state index in [9.17, 15) is 27.9 Å². The number of benzene rings is 2. The van der Waals surface area contributed by atoms with Gasteiger partial charge in [-0.15, -0.1) is 0 Å². The van der Waals surface area contributed by atoms with Gasteiger partial charge in [-0.25, -0.2) is 4.79 Å². The molecule has 184 valence electrons. The van der Waals surface area contributed by atoms with Crippen LogP contribution >= 0.6 is 23.2 Å². The molecule has 2 aromatic carbocycles. The third kappa shape index (κ3) is 4.44. The van der Waals surface area contributed by atoms with Crippen molar-refractivity contribution in [1.82, 2.24) is 10.6 Å². The lowest BCUT2D eigenvalue weighted by atomic mass is 9.79. The summed E-state index contributed by atoms with van der Waals surface area (Å²) in [6.07, 6.45) is -5.40. The maximum Gasteiger partial charge on any atom is 0.437 e. The largest absolute Gasteiger partial charge is 0.497 e. The Morgan fingerprint density at radius 1 is 1.11 bits per heavy atom. The molecular weight excluding hydrogens is 512 g/mol. The third-order valence-electron chi connectivity index (χ3n) is 5.61. The lowest BCUT2D eigenvalue weighted by Crippen LogP contribution is -2.72. The first kappa shape index (κ1) is 24.9. The zero-order chi connectivity index (χ0) is 25.5. The monoisotopic (exact) mass is 528 g/mol. The fraction of sp³-hybridized carbons (Fsp3) is 0.217. The lowest BCUT2D eigenvalue weighted by Gasteiger charge is -2.44. The molecule has 3 aromatic rings. The van der Waals surface area contributed by atoms with Crippen molar-refractivity contribution in [3.05, 3.63) is 76.0 Å². The van der Waals surface area contributed by atoms with Crippen LogP contribution in [0.3, 0.4) is 0 Å². The highest BCUT2D eigenvalue weighted by atomic mass is 35.5. The van der Waals surface area contributed by atoms with Gasteiger partial charge in [-0.05, 0) is 48.5 Å². The van der Waals surface area contributed by atoms with Gasteiger partial charge in [0.25, 0.3) is 0 Å². The summed E-state index contributed by atoms with van der Waals surface area (Å²) < 4.78 is 52.9. The summed E-state index contributed by atoms with van der Waals surface area (Å²) in [5.41, 5.74) is -3.70. The smallest absolute Gasteiger partial charge is 0.437 e. The number of nitrogens with one attached hydrogen (secondary N) is 2. The van der Waals surface area contributed by atoms with E-state index in [1.165, 1.54) is 54.9 Å². The summed E-state index contributed by atoms with van der Waals surface area (Å²) in [5.74, 6) is -3.05. The average molecular weight is 529 g/mol. The summed E-state index contributed by atoms with van der Waals surface area (Å²) >= 11 is 12.2. The molecule has 0 unspecified atom stereocenters. The Bertz CT molecular complexity index is 1280. The lowest BCUT2D eigenvalue weighted by molar-refractivity contribution is -0.288. The van der Waals surface area contributed by atoms with E-state index in [0.717, 1.165) is 0 Å². The summed E-state index contributed by atoms with van der Waals surface area (Å²) in [6.45, 7) is 0. The van der Waals surface area contributed by atoms with E-state index in [1.54, 1.807) is 12.1 Å². The predicted molar refractivity (Wildman–Crippen MR) is 120 cm³/mol. The third-order valence-corrected chi connectivity index (χ3v) is 6.43. The number of hydrogen-bond acceptors (Lipinski definition) is 5. The van der Waals surface area contributed by atoms with Crippen LogP contribution in [0, 0.1) is 5.92 Å². The first-order valence-electron chi connectivity index (χ1n) is 10.1. The van der Waals surface area contributed by atoms with Crippen LogP contribution < -0.4 is 15.4 Å². The van der Waals surface area contributed by atoms with Crippen molar-refractivity contribution in [2.24, 2.45) is 5.92 Å².